The fourth-order valence-electron chi connectivity index (χ4n) is 1.90. The Morgan fingerprint density at radius 1 is 1.24 bits per heavy atom. The maximum Gasteiger partial charge on any atom is 0.253 e. The van der Waals surface area contributed by atoms with Crippen LogP contribution in [0.1, 0.15) is 11.3 Å². The lowest BCUT2D eigenvalue weighted by molar-refractivity contribution is 0.811. The standard InChI is InChI=1S/C14H11N7/c1-9-6-12(11-4-2-3-5-17-11)20-14(19-9)21-13(16)10(7-15)8-18-21/h2-6,8H,16H2,1H3. The van der Waals surface area contributed by atoms with Crippen molar-refractivity contribution in [2.75, 3.05) is 5.73 Å². The van der Waals surface area contributed by atoms with Gasteiger partial charge < -0.3 is 5.73 Å². The number of hydrogen-bond acceptors (Lipinski definition) is 6. The summed E-state index contributed by atoms with van der Waals surface area (Å²) in [5.74, 6) is 0.532. The molecule has 0 aromatic carbocycles. The summed E-state index contributed by atoms with van der Waals surface area (Å²) in [5, 5.41) is 13.0. The molecule has 102 valence electrons. The molecule has 3 aromatic heterocycles. The second-order valence-corrected chi connectivity index (χ2v) is 4.38. The number of nitrogen functional groups attached to an aromatic ring is 1. The van der Waals surface area contributed by atoms with Crippen LogP contribution in [0.5, 0.6) is 0 Å². The predicted octanol–water partition coefficient (Wildman–Crippen LogP) is 1.49. The van der Waals surface area contributed by atoms with Gasteiger partial charge in [-0.2, -0.15) is 15.0 Å². The molecule has 0 spiro atoms. The normalized spacial score (nSPS) is 10.3. The summed E-state index contributed by atoms with van der Waals surface area (Å²) in [6, 6.07) is 9.38. The predicted molar refractivity (Wildman–Crippen MR) is 76.2 cm³/mol. The molecule has 3 heterocycles. The maximum absolute atomic E-state index is 8.93. The summed E-state index contributed by atoms with van der Waals surface area (Å²) < 4.78 is 1.35. The van der Waals surface area contributed by atoms with E-state index in [1.54, 1.807) is 6.20 Å². The maximum atomic E-state index is 8.93. The van der Waals surface area contributed by atoms with Gasteiger partial charge in [0.25, 0.3) is 5.95 Å². The number of pyridine rings is 1. The van der Waals surface area contributed by atoms with E-state index in [0.29, 0.717) is 17.2 Å². The van der Waals surface area contributed by atoms with Crippen molar-refractivity contribution >= 4 is 5.82 Å². The molecule has 7 nitrogen and oxygen atoms in total. The molecule has 0 aliphatic rings. The lowest BCUT2D eigenvalue weighted by Crippen LogP contribution is -2.08. The molecule has 21 heavy (non-hydrogen) atoms. The van der Waals surface area contributed by atoms with Gasteiger partial charge in [-0.3, -0.25) is 4.98 Å². The first kappa shape index (κ1) is 12.7. The highest BCUT2D eigenvalue weighted by molar-refractivity contribution is 5.56. The van der Waals surface area contributed by atoms with E-state index in [4.69, 9.17) is 11.0 Å². The number of nitrogens with zero attached hydrogens (tertiary/aromatic N) is 6. The molecule has 2 N–H and O–H groups in total. The highest BCUT2D eigenvalue weighted by atomic mass is 15.4. The first-order valence-electron chi connectivity index (χ1n) is 6.20. The Bertz CT molecular complexity index is 830. The van der Waals surface area contributed by atoms with Crippen LogP contribution in [0, 0.1) is 18.3 Å². The number of nitrogens with two attached hydrogens (primary N) is 1. The molecule has 0 saturated heterocycles. The average Bonchev–Trinajstić information content (AvgIpc) is 2.88. The van der Waals surface area contributed by atoms with Crippen LogP contribution < -0.4 is 5.73 Å². The molecule has 7 heteroatoms. The minimum atomic E-state index is 0.218. The Morgan fingerprint density at radius 2 is 2.10 bits per heavy atom. The van der Waals surface area contributed by atoms with Crippen molar-refractivity contribution in [3.8, 4) is 23.4 Å². The van der Waals surface area contributed by atoms with E-state index in [9.17, 15) is 0 Å². The third-order valence-electron chi connectivity index (χ3n) is 2.89. The molecule has 0 aliphatic heterocycles. The summed E-state index contributed by atoms with van der Waals surface area (Å²) in [7, 11) is 0. The Morgan fingerprint density at radius 3 is 2.76 bits per heavy atom. The molecule has 0 fully saturated rings. The first-order chi connectivity index (χ1) is 10.2. The van der Waals surface area contributed by atoms with Crippen LogP contribution in [0.3, 0.4) is 0 Å². The SMILES string of the molecule is Cc1cc(-c2ccccn2)nc(-n2ncc(C#N)c2N)n1. The molecular weight excluding hydrogens is 266 g/mol. The van der Waals surface area contributed by atoms with E-state index in [1.165, 1.54) is 10.9 Å². The molecule has 0 atom stereocenters. The van der Waals surface area contributed by atoms with Crippen molar-refractivity contribution in [1.29, 1.82) is 5.26 Å². The van der Waals surface area contributed by atoms with Crippen LogP contribution in [0.25, 0.3) is 17.3 Å². The average molecular weight is 277 g/mol. The summed E-state index contributed by atoms with van der Waals surface area (Å²) in [5.41, 5.74) is 8.32. The minimum absolute atomic E-state index is 0.218. The highest BCUT2D eigenvalue weighted by Gasteiger charge is 2.13. The van der Waals surface area contributed by atoms with Crippen molar-refractivity contribution in [2.45, 2.75) is 6.92 Å². The van der Waals surface area contributed by atoms with Crippen molar-refractivity contribution in [3.05, 3.63) is 47.9 Å². The zero-order valence-electron chi connectivity index (χ0n) is 11.2. The zero-order valence-corrected chi connectivity index (χ0v) is 11.2. The number of aryl methyl sites for hydroxylation is 1. The fraction of sp³-hybridized carbons (Fsp3) is 0.0714. The minimum Gasteiger partial charge on any atom is -0.382 e. The smallest absolute Gasteiger partial charge is 0.253 e. The fourth-order valence-corrected chi connectivity index (χ4v) is 1.90. The van der Waals surface area contributed by atoms with Crippen molar-refractivity contribution in [1.82, 2.24) is 24.7 Å². The lowest BCUT2D eigenvalue weighted by Gasteiger charge is -2.06. The Labute approximate surface area is 120 Å². The number of nitriles is 1. The summed E-state index contributed by atoms with van der Waals surface area (Å²) in [4.78, 5) is 13.0. The largest absolute Gasteiger partial charge is 0.382 e. The Hall–Kier alpha value is -3.27. The number of hydrogen-bond donors (Lipinski definition) is 1. The quantitative estimate of drug-likeness (QED) is 0.760. The van der Waals surface area contributed by atoms with Gasteiger partial charge >= 0.3 is 0 Å². The van der Waals surface area contributed by atoms with E-state index in [2.05, 4.69) is 20.1 Å². The zero-order chi connectivity index (χ0) is 14.8. The van der Waals surface area contributed by atoms with Gasteiger partial charge in [0.05, 0.1) is 17.6 Å². The van der Waals surface area contributed by atoms with Gasteiger partial charge in [-0.25, -0.2) is 9.97 Å². The van der Waals surface area contributed by atoms with E-state index in [-0.39, 0.29) is 5.82 Å². The summed E-state index contributed by atoms with van der Waals surface area (Å²) in [6.07, 6.45) is 3.09. The van der Waals surface area contributed by atoms with Gasteiger partial charge in [0, 0.05) is 11.9 Å². The molecule has 3 rings (SSSR count). The van der Waals surface area contributed by atoms with E-state index >= 15 is 0 Å². The van der Waals surface area contributed by atoms with Gasteiger partial charge in [-0.05, 0) is 25.1 Å². The van der Waals surface area contributed by atoms with E-state index < -0.39 is 0 Å². The summed E-state index contributed by atoms with van der Waals surface area (Å²) >= 11 is 0. The van der Waals surface area contributed by atoms with Gasteiger partial charge in [0.2, 0.25) is 0 Å². The van der Waals surface area contributed by atoms with Gasteiger partial charge in [0.15, 0.2) is 0 Å². The topological polar surface area (TPSA) is 106 Å². The van der Waals surface area contributed by atoms with Crippen LogP contribution in [0.4, 0.5) is 5.82 Å². The van der Waals surface area contributed by atoms with Crippen LogP contribution in [0.15, 0.2) is 36.7 Å². The molecule has 0 unspecified atom stereocenters. The third kappa shape index (κ3) is 2.30. The number of anilines is 1. The van der Waals surface area contributed by atoms with Crippen molar-refractivity contribution < 1.29 is 0 Å². The van der Waals surface area contributed by atoms with Crippen LogP contribution >= 0.6 is 0 Å². The monoisotopic (exact) mass is 277 g/mol. The van der Waals surface area contributed by atoms with Gasteiger partial charge in [-0.15, -0.1) is 0 Å². The van der Waals surface area contributed by atoms with Crippen molar-refractivity contribution in [3.63, 3.8) is 0 Å². The molecule has 0 radical (unpaired) electrons. The van der Waals surface area contributed by atoms with Crippen LogP contribution in [-0.2, 0) is 0 Å². The third-order valence-corrected chi connectivity index (χ3v) is 2.89. The van der Waals surface area contributed by atoms with Crippen LogP contribution in [-0.4, -0.2) is 24.7 Å². The summed E-state index contributed by atoms with van der Waals surface area (Å²) in [6.45, 7) is 1.85. The lowest BCUT2D eigenvalue weighted by atomic mass is 10.2. The second kappa shape index (κ2) is 5.02. The highest BCUT2D eigenvalue weighted by Crippen LogP contribution is 2.18. The van der Waals surface area contributed by atoms with E-state index in [0.717, 1.165) is 11.4 Å². The number of rotatable bonds is 2. The molecule has 0 bridgehead atoms. The molecule has 3 aromatic rings. The van der Waals surface area contributed by atoms with Crippen LogP contribution in [0.2, 0.25) is 0 Å². The molecule has 0 saturated carbocycles. The number of aromatic nitrogens is 5. The van der Waals surface area contributed by atoms with Gasteiger partial charge in [0.1, 0.15) is 17.5 Å². The molecular formula is C14H11N7. The first-order valence-corrected chi connectivity index (χ1v) is 6.20. The molecule has 0 amide bonds. The molecule has 0 aliphatic carbocycles. The Kier molecular flexibility index (Phi) is 3.04. The Balaban J connectivity index is 2.14. The van der Waals surface area contributed by atoms with Gasteiger partial charge in [-0.1, -0.05) is 6.07 Å². The van der Waals surface area contributed by atoms with E-state index in [1.807, 2.05) is 37.3 Å². The second-order valence-electron chi connectivity index (χ2n) is 4.38. The van der Waals surface area contributed by atoms with Crippen molar-refractivity contribution in [2.24, 2.45) is 0 Å².